The van der Waals surface area contributed by atoms with Crippen molar-refractivity contribution in [2.45, 2.75) is 19.8 Å². The first-order valence-corrected chi connectivity index (χ1v) is 7.32. The second kappa shape index (κ2) is 6.62. The van der Waals surface area contributed by atoms with E-state index >= 15 is 0 Å². The minimum Gasteiger partial charge on any atom is -0.385 e. The molecular formula is C13H17N3O3S. The molecule has 0 unspecified atom stereocenters. The monoisotopic (exact) mass is 295 g/mol. The summed E-state index contributed by atoms with van der Waals surface area (Å²) in [6.45, 7) is 2.93. The van der Waals surface area contributed by atoms with Crippen LogP contribution in [-0.2, 0) is 11.2 Å². The number of rotatable bonds is 6. The Labute approximate surface area is 120 Å². The number of hydrogen-bond acceptors (Lipinski definition) is 5. The number of carbonyl (C=O) groups is 1. The summed E-state index contributed by atoms with van der Waals surface area (Å²) in [6.07, 6.45) is 2.89. The van der Waals surface area contributed by atoms with Crippen LogP contribution in [0.1, 0.15) is 29.4 Å². The number of aryl methyl sites for hydroxylation is 1. The van der Waals surface area contributed by atoms with Gasteiger partial charge in [-0.05, 0) is 12.8 Å². The number of hydrogen-bond donors (Lipinski definition) is 1. The Kier molecular flexibility index (Phi) is 4.86. The summed E-state index contributed by atoms with van der Waals surface area (Å²) >= 11 is 1.38. The zero-order chi connectivity index (χ0) is 14.5. The van der Waals surface area contributed by atoms with E-state index in [1.165, 1.54) is 15.7 Å². The maximum atomic E-state index is 12.3. The lowest BCUT2D eigenvalue weighted by molar-refractivity contribution is 0.0945. The molecule has 0 saturated heterocycles. The molecular weight excluding hydrogens is 278 g/mol. The molecule has 108 valence electrons. The molecule has 1 N–H and O–H groups in total. The van der Waals surface area contributed by atoms with Crippen molar-refractivity contribution in [1.29, 1.82) is 0 Å². The molecule has 2 aromatic heterocycles. The van der Waals surface area contributed by atoms with Gasteiger partial charge < -0.3 is 10.1 Å². The third kappa shape index (κ3) is 2.88. The van der Waals surface area contributed by atoms with E-state index in [9.17, 15) is 9.59 Å². The Morgan fingerprint density at radius 1 is 1.55 bits per heavy atom. The number of nitrogens with one attached hydrogen (secondary N) is 1. The molecule has 0 atom stereocenters. The van der Waals surface area contributed by atoms with Gasteiger partial charge >= 0.3 is 0 Å². The van der Waals surface area contributed by atoms with Crippen LogP contribution >= 0.6 is 11.3 Å². The molecule has 0 spiro atoms. The molecule has 2 rings (SSSR count). The van der Waals surface area contributed by atoms with E-state index in [4.69, 9.17) is 4.74 Å². The van der Waals surface area contributed by atoms with Gasteiger partial charge in [-0.3, -0.25) is 14.0 Å². The lowest BCUT2D eigenvalue weighted by Gasteiger charge is -2.08. The quantitative estimate of drug-likeness (QED) is 0.810. The maximum Gasteiger partial charge on any atom is 0.271 e. The molecule has 0 fully saturated rings. The van der Waals surface area contributed by atoms with Gasteiger partial charge in [0.05, 0.1) is 5.69 Å². The first kappa shape index (κ1) is 14.7. The minimum absolute atomic E-state index is 0.140. The maximum absolute atomic E-state index is 12.3. The van der Waals surface area contributed by atoms with Crippen molar-refractivity contribution in [1.82, 2.24) is 14.7 Å². The zero-order valence-corrected chi connectivity index (χ0v) is 12.3. The fourth-order valence-corrected chi connectivity index (χ4v) is 2.64. The van der Waals surface area contributed by atoms with Crippen molar-refractivity contribution in [2.24, 2.45) is 0 Å². The molecule has 6 nitrogen and oxygen atoms in total. The third-order valence-electron chi connectivity index (χ3n) is 2.91. The van der Waals surface area contributed by atoms with Crippen LogP contribution in [0.15, 0.2) is 16.4 Å². The normalized spacial score (nSPS) is 10.9. The number of ether oxygens (including phenoxy) is 1. The van der Waals surface area contributed by atoms with E-state index in [0.29, 0.717) is 36.6 Å². The van der Waals surface area contributed by atoms with Gasteiger partial charge in [-0.25, -0.2) is 4.98 Å². The lowest BCUT2D eigenvalue weighted by atomic mass is 10.1. The van der Waals surface area contributed by atoms with Gasteiger partial charge in [0.25, 0.3) is 11.5 Å². The summed E-state index contributed by atoms with van der Waals surface area (Å²) in [6, 6.07) is 0. The Morgan fingerprint density at radius 2 is 2.35 bits per heavy atom. The number of thiazole rings is 1. The predicted octanol–water partition coefficient (Wildman–Crippen LogP) is 1.08. The smallest absolute Gasteiger partial charge is 0.271 e. The SMILES string of the molecule is CCc1nc2sccn2c(=O)c1C(=O)NCCCOC. The highest BCUT2D eigenvalue weighted by Gasteiger charge is 2.18. The predicted molar refractivity (Wildman–Crippen MR) is 77.5 cm³/mol. The number of methoxy groups -OCH3 is 1. The Hall–Kier alpha value is -1.73. The van der Waals surface area contributed by atoms with Gasteiger partial charge in [-0.2, -0.15) is 0 Å². The van der Waals surface area contributed by atoms with E-state index < -0.39 is 0 Å². The standard InChI is InChI=1S/C13H17N3O3S/c1-3-9-10(11(17)14-5-4-7-19-2)12(18)16-6-8-20-13(16)15-9/h6,8H,3-5,7H2,1-2H3,(H,14,17). The summed E-state index contributed by atoms with van der Waals surface area (Å²) in [5.41, 5.74) is 0.375. The fourth-order valence-electron chi connectivity index (χ4n) is 1.91. The van der Waals surface area contributed by atoms with Gasteiger partial charge in [0.1, 0.15) is 5.56 Å². The Bertz CT molecular complexity index is 662. The largest absolute Gasteiger partial charge is 0.385 e. The number of aromatic nitrogens is 2. The summed E-state index contributed by atoms with van der Waals surface area (Å²) in [4.78, 5) is 29.5. The summed E-state index contributed by atoms with van der Waals surface area (Å²) in [5.74, 6) is -0.365. The molecule has 2 heterocycles. The van der Waals surface area contributed by atoms with Crippen molar-refractivity contribution in [3.63, 3.8) is 0 Å². The van der Waals surface area contributed by atoms with Crippen molar-refractivity contribution >= 4 is 22.2 Å². The molecule has 0 radical (unpaired) electrons. The van der Waals surface area contributed by atoms with Crippen LogP contribution in [0, 0.1) is 0 Å². The Balaban J connectivity index is 2.29. The van der Waals surface area contributed by atoms with Crippen LogP contribution in [0.2, 0.25) is 0 Å². The van der Waals surface area contributed by atoms with Gasteiger partial charge in [0.2, 0.25) is 0 Å². The first-order chi connectivity index (χ1) is 9.69. The van der Waals surface area contributed by atoms with E-state index in [-0.39, 0.29) is 17.0 Å². The van der Waals surface area contributed by atoms with Crippen molar-refractivity contribution in [2.75, 3.05) is 20.3 Å². The molecule has 7 heteroatoms. The zero-order valence-electron chi connectivity index (χ0n) is 11.5. The molecule has 1 amide bonds. The van der Waals surface area contributed by atoms with Crippen LogP contribution in [0.3, 0.4) is 0 Å². The van der Waals surface area contributed by atoms with Gasteiger partial charge in [0.15, 0.2) is 4.96 Å². The van der Waals surface area contributed by atoms with Crippen molar-refractivity contribution in [3.8, 4) is 0 Å². The fraction of sp³-hybridized carbons (Fsp3) is 0.462. The lowest BCUT2D eigenvalue weighted by Crippen LogP contribution is -2.34. The van der Waals surface area contributed by atoms with Crippen LogP contribution in [0.25, 0.3) is 4.96 Å². The minimum atomic E-state index is -0.365. The van der Waals surface area contributed by atoms with E-state index in [0.717, 1.165) is 0 Å². The van der Waals surface area contributed by atoms with Crippen LogP contribution < -0.4 is 10.9 Å². The Morgan fingerprint density at radius 3 is 3.05 bits per heavy atom. The van der Waals surface area contributed by atoms with E-state index in [2.05, 4.69) is 10.3 Å². The van der Waals surface area contributed by atoms with Gasteiger partial charge in [-0.15, -0.1) is 11.3 Å². The molecule has 2 aromatic rings. The highest BCUT2D eigenvalue weighted by molar-refractivity contribution is 7.15. The summed E-state index contributed by atoms with van der Waals surface area (Å²) < 4.78 is 6.33. The highest BCUT2D eigenvalue weighted by Crippen LogP contribution is 2.10. The van der Waals surface area contributed by atoms with Gasteiger partial charge in [-0.1, -0.05) is 6.92 Å². The van der Waals surface area contributed by atoms with Crippen LogP contribution in [0.4, 0.5) is 0 Å². The molecule has 0 saturated carbocycles. The molecule has 20 heavy (non-hydrogen) atoms. The third-order valence-corrected chi connectivity index (χ3v) is 3.67. The van der Waals surface area contributed by atoms with Gasteiger partial charge in [0, 0.05) is 31.8 Å². The molecule has 0 aliphatic heterocycles. The number of fused-ring (bicyclic) bond motifs is 1. The highest BCUT2D eigenvalue weighted by atomic mass is 32.1. The second-order valence-electron chi connectivity index (χ2n) is 4.25. The van der Waals surface area contributed by atoms with Crippen molar-refractivity contribution in [3.05, 3.63) is 33.2 Å². The number of carbonyl (C=O) groups excluding carboxylic acids is 1. The molecule has 0 bridgehead atoms. The molecule has 0 aliphatic rings. The molecule has 0 aliphatic carbocycles. The summed E-state index contributed by atoms with van der Waals surface area (Å²) in [5, 5.41) is 4.52. The first-order valence-electron chi connectivity index (χ1n) is 6.45. The molecule has 0 aromatic carbocycles. The number of nitrogens with zero attached hydrogens (tertiary/aromatic N) is 2. The number of amides is 1. The second-order valence-corrected chi connectivity index (χ2v) is 5.12. The van der Waals surface area contributed by atoms with E-state index in [1.807, 2.05) is 6.92 Å². The summed E-state index contributed by atoms with van der Waals surface area (Å²) in [7, 11) is 1.61. The topological polar surface area (TPSA) is 72.7 Å². The average Bonchev–Trinajstić information content (AvgIpc) is 2.91. The van der Waals surface area contributed by atoms with E-state index in [1.54, 1.807) is 18.7 Å². The van der Waals surface area contributed by atoms with Crippen LogP contribution in [0.5, 0.6) is 0 Å². The van der Waals surface area contributed by atoms with Crippen LogP contribution in [-0.4, -0.2) is 35.6 Å². The average molecular weight is 295 g/mol. The van der Waals surface area contributed by atoms with Crippen molar-refractivity contribution < 1.29 is 9.53 Å².